The molecule has 0 unspecified atom stereocenters. The molecule has 128 valence electrons. The van der Waals surface area contributed by atoms with Crippen molar-refractivity contribution in [3.63, 3.8) is 0 Å². The average Bonchev–Trinajstić information content (AvgIpc) is 2.47. The van der Waals surface area contributed by atoms with Crippen LogP contribution in [0.15, 0.2) is 0 Å². The highest BCUT2D eigenvalue weighted by Gasteiger charge is 2.31. The highest BCUT2D eigenvalue weighted by atomic mass is 16.2. The number of amides is 2. The quantitative estimate of drug-likeness (QED) is 0.849. The minimum atomic E-state index is 0.162. The minimum absolute atomic E-state index is 0.162. The number of nitrogens with one attached hydrogen (secondary N) is 1. The van der Waals surface area contributed by atoms with Crippen molar-refractivity contribution in [2.75, 3.05) is 26.2 Å². The van der Waals surface area contributed by atoms with Crippen molar-refractivity contribution in [3.8, 4) is 0 Å². The third-order valence-electron chi connectivity index (χ3n) is 5.59. The Bertz CT molecular complexity index is 359. The Hall–Kier alpha value is -0.770. The van der Waals surface area contributed by atoms with E-state index in [2.05, 4.69) is 44.8 Å². The number of carbonyl (C=O) groups excluding carboxylic acids is 1. The van der Waals surface area contributed by atoms with Gasteiger partial charge in [0.2, 0.25) is 0 Å². The van der Waals surface area contributed by atoms with Gasteiger partial charge < -0.3 is 15.1 Å². The monoisotopic (exact) mass is 309 g/mol. The summed E-state index contributed by atoms with van der Waals surface area (Å²) in [7, 11) is 0. The first-order chi connectivity index (χ1) is 10.3. The molecule has 2 aliphatic rings. The first-order valence-corrected chi connectivity index (χ1v) is 9.07. The maximum absolute atomic E-state index is 12.4. The molecule has 4 nitrogen and oxygen atoms in total. The molecule has 2 aliphatic heterocycles. The Kier molecular flexibility index (Phi) is 5.76. The van der Waals surface area contributed by atoms with Crippen LogP contribution in [0, 0.1) is 11.3 Å². The molecule has 2 heterocycles. The number of rotatable bonds is 2. The van der Waals surface area contributed by atoms with Crippen molar-refractivity contribution in [3.05, 3.63) is 0 Å². The second-order valence-electron chi connectivity index (χ2n) is 8.48. The lowest BCUT2D eigenvalue weighted by Crippen LogP contribution is -2.52. The molecule has 0 atom stereocenters. The van der Waals surface area contributed by atoms with Crippen LogP contribution in [0.25, 0.3) is 0 Å². The van der Waals surface area contributed by atoms with Gasteiger partial charge in [0.1, 0.15) is 0 Å². The molecule has 22 heavy (non-hydrogen) atoms. The lowest BCUT2D eigenvalue weighted by atomic mass is 9.75. The van der Waals surface area contributed by atoms with E-state index in [4.69, 9.17) is 0 Å². The van der Waals surface area contributed by atoms with E-state index in [1.165, 1.54) is 0 Å². The maximum atomic E-state index is 12.4. The van der Waals surface area contributed by atoms with Crippen LogP contribution >= 0.6 is 0 Å². The van der Waals surface area contributed by atoms with E-state index in [9.17, 15) is 4.79 Å². The highest BCUT2D eigenvalue weighted by Crippen LogP contribution is 2.34. The van der Waals surface area contributed by atoms with E-state index in [0.717, 1.165) is 57.8 Å². The lowest BCUT2D eigenvalue weighted by Gasteiger charge is -2.40. The SMILES string of the molecule is CC(C)N1CCC(NC(=O)N2CCC(C(C)(C)C)CC2)CC1. The van der Waals surface area contributed by atoms with E-state index in [1.807, 2.05) is 4.90 Å². The van der Waals surface area contributed by atoms with Crippen LogP contribution in [0.2, 0.25) is 0 Å². The van der Waals surface area contributed by atoms with E-state index in [-0.39, 0.29) is 6.03 Å². The van der Waals surface area contributed by atoms with Gasteiger partial charge in [0.05, 0.1) is 0 Å². The van der Waals surface area contributed by atoms with Crippen LogP contribution in [0.1, 0.15) is 60.3 Å². The maximum Gasteiger partial charge on any atom is 0.317 e. The van der Waals surface area contributed by atoms with Gasteiger partial charge >= 0.3 is 6.03 Å². The molecule has 0 aromatic carbocycles. The fraction of sp³-hybridized carbons (Fsp3) is 0.944. The molecule has 0 saturated carbocycles. The standard InChI is InChI=1S/C18H35N3O/c1-14(2)20-12-8-16(9-13-20)19-17(22)21-10-6-15(7-11-21)18(3,4)5/h14-16H,6-13H2,1-5H3,(H,19,22). The number of hydrogen-bond donors (Lipinski definition) is 1. The predicted octanol–water partition coefficient (Wildman–Crippen LogP) is 3.33. The summed E-state index contributed by atoms with van der Waals surface area (Å²) in [6.07, 6.45) is 4.45. The lowest BCUT2D eigenvalue weighted by molar-refractivity contribution is 0.115. The van der Waals surface area contributed by atoms with E-state index >= 15 is 0 Å². The average molecular weight is 309 g/mol. The molecule has 2 fully saturated rings. The highest BCUT2D eigenvalue weighted by molar-refractivity contribution is 5.74. The molecule has 2 saturated heterocycles. The molecule has 4 heteroatoms. The zero-order valence-corrected chi connectivity index (χ0v) is 15.2. The van der Waals surface area contributed by atoms with Gasteiger partial charge in [-0.2, -0.15) is 0 Å². The number of likely N-dealkylation sites (tertiary alicyclic amines) is 2. The van der Waals surface area contributed by atoms with Crippen molar-refractivity contribution >= 4 is 6.03 Å². The Morgan fingerprint density at radius 2 is 1.55 bits per heavy atom. The summed E-state index contributed by atoms with van der Waals surface area (Å²) in [5.74, 6) is 0.742. The van der Waals surface area contributed by atoms with E-state index < -0.39 is 0 Å². The number of hydrogen-bond acceptors (Lipinski definition) is 2. The van der Waals surface area contributed by atoms with Gasteiger partial charge in [-0.1, -0.05) is 20.8 Å². The van der Waals surface area contributed by atoms with Gasteiger partial charge in [-0.05, 0) is 50.9 Å². The fourth-order valence-electron chi connectivity index (χ4n) is 3.77. The first-order valence-electron chi connectivity index (χ1n) is 9.07. The molecule has 1 N–H and O–H groups in total. The summed E-state index contributed by atoms with van der Waals surface area (Å²) in [5.41, 5.74) is 0.367. The third kappa shape index (κ3) is 4.61. The zero-order chi connectivity index (χ0) is 16.3. The fourth-order valence-corrected chi connectivity index (χ4v) is 3.77. The molecule has 0 bridgehead atoms. The van der Waals surface area contributed by atoms with Gasteiger partial charge in [-0.25, -0.2) is 4.79 Å². The Morgan fingerprint density at radius 3 is 2.00 bits per heavy atom. The number of piperidine rings is 2. The largest absolute Gasteiger partial charge is 0.335 e. The van der Waals surface area contributed by atoms with Crippen molar-refractivity contribution < 1.29 is 4.79 Å². The number of carbonyl (C=O) groups is 1. The van der Waals surface area contributed by atoms with Crippen LogP contribution in [0.4, 0.5) is 4.79 Å². The molecular weight excluding hydrogens is 274 g/mol. The summed E-state index contributed by atoms with van der Waals surface area (Å²) in [6, 6.07) is 1.14. The van der Waals surface area contributed by atoms with Crippen molar-refractivity contribution in [1.29, 1.82) is 0 Å². The van der Waals surface area contributed by atoms with Crippen LogP contribution in [0.3, 0.4) is 0 Å². The van der Waals surface area contributed by atoms with Crippen LogP contribution in [-0.2, 0) is 0 Å². The second-order valence-corrected chi connectivity index (χ2v) is 8.48. The van der Waals surface area contributed by atoms with Gasteiger partial charge in [0, 0.05) is 38.3 Å². The van der Waals surface area contributed by atoms with Gasteiger partial charge in [0.15, 0.2) is 0 Å². The minimum Gasteiger partial charge on any atom is -0.335 e. The van der Waals surface area contributed by atoms with Crippen molar-refractivity contribution in [1.82, 2.24) is 15.1 Å². The number of nitrogens with zero attached hydrogens (tertiary/aromatic N) is 2. The van der Waals surface area contributed by atoms with Gasteiger partial charge in [0.25, 0.3) is 0 Å². The Labute approximate surface area is 136 Å². The summed E-state index contributed by atoms with van der Waals surface area (Å²) < 4.78 is 0. The number of urea groups is 1. The van der Waals surface area contributed by atoms with Crippen molar-refractivity contribution in [2.45, 2.75) is 72.4 Å². The molecule has 2 amide bonds. The zero-order valence-electron chi connectivity index (χ0n) is 15.2. The molecular formula is C18H35N3O. The summed E-state index contributed by atoms with van der Waals surface area (Å²) >= 11 is 0. The second kappa shape index (κ2) is 7.20. The van der Waals surface area contributed by atoms with Gasteiger partial charge in [-0.3, -0.25) is 0 Å². The van der Waals surface area contributed by atoms with Crippen LogP contribution in [0.5, 0.6) is 0 Å². The first kappa shape index (κ1) is 17.6. The predicted molar refractivity (Wildman–Crippen MR) is 92.0 cm³/mol. The summed E-state index contributed by atoms with van der Waals surface area (Å²) in [5, 5.41) is 3.26. The Morgan fingerprint density at radius 1 is 1.00 bits per heavy atom. The van der Waals surface area contributed by atoms with Gasteiger partial charge in [-0.15, -0.1) is 0 Å². The molecule has 0 aromatic rings. The van der Waals surface area contributed by atoms with Crippen LogP contribution in [-0.4, -0.2) is 54.1 Å². The van der Waals surface area contributed by atoms with E-state index in [1.54, 1.807) is 0 Å². The summed E-state index contributed by atoms with van der Waals surface area (Å²) in [4.78, 5) is 17.0. The molecule has 2 rings (SSSR count). The topological polar surface area (TPSA) is 35.6 Å². The normalized spacial score (nSPS) is 23.1. The van der Waals surface area contributed by atoms with Crippen molar-refractivity contribution in [2.24, 2.45) is 11.3 Å². The smallest absolute Gasteiger partial charge is 0.317 e. The molecule has 0 aliphatic carbocycles. The molecule has 0 radical (unpaired) electrons. The molecule has 0 aromatic heterocycles. The van der Waals surface area contributed by atoms with E-state index in [0.29, 0.717) is 17.5 Å². The van der Waals surface area contributed by atoms with Crippen LogP contribution < -0.4 is 5.32 Å². The summed E-state index contributed by atoms with van der Waals surface area (Å²) in [6.45, 7) is 15.5. The molecule has 0 spiro atoms. The third-order valence-corrected chi connectivity index (χ3v) is 5.59. The Balaban J connectivity index is 1.73.